The number of carboxylic acid groups (broad SMARTS) is 1. The Morgan fingerprint density at radius 1 is 1.19 bits per heavy atom. The number of benzene rings is 1. The second-order valence-electron chi connectivity index (χ2n) is 4.56. The largest absolute Gasteiger partial charge is 0.494 e. The highest BCUT2D eigenvalue weighted by atomic mass is 35.5. The van der Waals surface area contributed by atoms with E-state index >= 15 is 0 Å². The number of hydrogen-bond acceptors (Lipinski definition) is 8. The fourth-order valence-electron chi connectivity index (χ4n) is 1.55. The molecule has 14 heteroatoms. The number of aliphatic carboxylic acids is 1. The molecule has 3 N–H and O–H groups in total. The van der Waals surface area contributed by atoms with E-state index < -0.39 is 45.3 Å². The van der Waals surface area contributed by atoms with E-state index in [0.717, 1.165) is 0 Å². The molecule has 150 valence electrons. The lowest BCUT2D eigenvalue weighted by molar-refractivity contribution is -0.139. The summed E-state index contributed by atoms with van der Waals surface area (Å²) < 4.78 is 29.8. The van der Waals surface area contributed by atoms with Gasteiger partial charge in [0.05, 0.1) is 17.2 Å². The van der Waals surface area contributed by atoms with Crippen molar-refractivity contribution in [3.63, 3.8) is 0 Å². The molecule has 0 bridgehead atoms. The first-order chi connectivity index (χ1) is 12.6. The number of rotatable bonds is 9. The van der Waals surface area contributed by atoms with Crippen LogP contribution in [0.15, 0.2) is 12.1 Å². The number of amides is 1. The number of methoxy groups -OCH3 is 1. The quantitative estimate of drug-likeness (QED) is 0.291. The zero-order chi connectivity index (χ0) is 20.6. The van der Waals surface area contributed by atoms with E-state index in [1.165, 1.54) is 19.2 Å². The molecule has 27 heavy (non-hydrogen) atoms. The van der Waals surface area contributed by atoms with Gasteiger partial charge in [0.15, 0.2) is 12.4 Å². The molecule has 0 fully saturated rings. The van der Waals surface area contributed by atoms with Crippen molar-refractivity contribution in [1.29, 1.82) is 0 Å². The monoisotopic (exact) mass is 445 g/mol. The highest BCUT2D eigenvalue weighted by Crippen LogP contribution is 2.40. The van der Waals surface area contributed by atoms with Gasteiger partial charge in [-0.3, -0.25) is 9.09 Å². The molecule has 1 aromatic carbocycles. The first kappa shape index (κ1) is 23.0. The Hall–Kier alpha value is -2.04. The number of hydrogen-bond donors (Lipinski definition) is 3. The highest BCUT2D eigenvalue weighted by Gasteiger charge is 2.23. The standard InChI is InChI=1S/C13H14Cl2NO10P/c1-23-11-8(15)3-2-7(14)10(11)12(19)24-6-25-13(20)16-5-27(21,22)26-4-9(17)18/h2-3H,4-6H2,1H3,(H,16,20)(H,17,18)(H,21,22). The molecule has 1 aromatic rings. The van der Waals surface area contributed by atoms with Gasteiger partial charge in [-0.05, 0) is 12.1 Å². The number of alkyl carbamates (subject to hydrolysis) is 1. The van der Waals surface area contributed by atoms with E-state index in [1.807, 2.05) is 5.32 Å². The Kier molecular flexibility index (Phi) is 8.80. The maximum absolute atomic E-state index is 12.0. The number of ether oxygens (including phenoxy) is 3. The Labute approximate surface area is 162 Å². The van der Waals surface area contributed by atoms with Gasteiger partial charge in [-0.25, -0.2) is 14.4 Å². The molecule has 0 heterocycles. The van der Waals surface area contributed by atoms with Crippen molar-refractivity contribution >= 4 is 48.8 Å². The molecule has 0 saturated carbocycles. The van der Waals surface area contributed by atoms with Crippen LogP contribution < -0.4 is 10.1 Å². The van der Waals surface area contributed by atoms with Crippen LogP contribution in [-0.2, 0) is 23.4 Å². The summed E-state index contributed by atoms with van der Waals surface area (Å²) in [5, 5.41) is 10.3. The summed E-state index contributed by atoms with van der Waals surface area (Å²) >= 11 is 11.8. The van der Waals surface area contributed by atoms with Gasteiger partial charge in [0, 0.05) is 0 Å². The average Bonchev–Trinajstić information content (AvgIpc) is 2.60. The van der Waals surface area contributed by atoms with Crippen LogP contribution in [0.3, 0.4) is 0 Å². The minimum absolute atomic E-state index is 0.0116. The van der Waals surface area contributed by atoms with E-state index in [2.05, 4.69) is 9.26 Å². The van der Waals surface area contributed by atoms with Gasteiger partial charge in [-0.1, -0.05) is 23.2 Å². The average molecular weight is 446 g/mol. The predicted octanol–water partition coefficient (Wildman–Crippen LogP) is 2.09. The third-order valence-corrected chi connectivity index (χ3v) is 4.36. The number of carbonyl (C=O) groups is 3. The molecule has 0 radical (unpaired) electrons. The van der Waals surface area contributed by atoms with Crippen molar-refractivity contribution in [2.75, 3.05) is 26.8 Å². The van der Waals surface area contributed by atoms with Gasteiger partial charge in [-0.15, -0.1) is 0 Å². The van der Waals surface area contributed by atoms with Crippen LogP contribution in [0.1, 0.15) is 10.4 Å². The molecule has 1 unspecified atom stereocenters. The Morgan fingerprint density at radius 3 is 2.41 bits per heavy atom. The van der Waals surface area contributed by atoms with Crippen LogP contribution in [0.5, 0.6) is 5.75 Å². The summed E-state index contributed by atoms with van der Waals surface area (Å²) in [6.45, 7) is -1.88. The first-order valence-electron chi connectivity index (χ1n) is 6.85. The molecule has 1 amide bonds. The normalized spacial score (nSPS) is 12.6. The topological polar surface area (TPSA) is 158 Å². The molecule has 0 aliphatic heterocycles. The molecule has 0 aromatic heterocycles. The van der Waals surface area contributed by atoms with Crippen LogP contribution in [0.4, 0.5) is 4.79 Å². The molecule has 11 nitrogen and oxygen atoms in total. The minimum Gasteiger partial charge on any atom is -0.494 e. The van der Waals surface area contributed by atoms with Gasteiger partial charge >= 0.3 is 25.6 Å². The summed E-state index contributed by atoms with van der Waals surface area (Å²) in [6, 6.07) is 2.75. The third-order valence-electron chi connectivity index (χ3n) is 2.66. The van der Waals surface area contributed by atoms with Gasteiger partial charge in [0.1, 0.15) is 11.8 Å². The Morgan fingerprint density at radius 2 is 1.81 bits per heavy atom. The van der Waals surface area contributed by atoms with E-state index in [1.54, 1.807) is 0 Å². The van der Waals surface area contributed by atoms with Crippen LogP contribution in [0, 0.1) is 0 Å². The predicted molar refractivity (Wildman–Crippen MR) is 91.2 cm³/mol. The number of esters is 1. The van der Waals surface area contributed by atoms with E-state index in [-0.39, 0.29) is 21.4 Å². The summed E-state index contributed by atoms with van der Waals surface area (Å²) in [4.78, 5) is 42.9. The van der Waals surface area contributed by atoms with Crippen molar-refractivity contribution in [3.05, 3.63) is 27.7 Å². The van der Waals surface area contributed by atoms with Crippen molar-refractivity contribution in [1.82, 2.24) is 5.32 Å². The molecule has 0 aliphatic carbocycles. The molecular weight excluding hydrogens is 432 g/mol. The van der Waals surface area contributed by atoms with E-state index in [0.29, 0.717) is 0 Å². The Bertz CT molecular complexity index is 772. The summed E-state index contributed by atoms with van der Waals surface area (Å²) in [5.41, 5.74) is -0.183. The smallest absolute Gasteiger partial charge is 0.410 e. The lowest BCUT2D eigenvalue weighted by Gasteiger charge is -2.13. The lowest BCUT2D eigenvalue weighted by atomic mass is 10.2. The summed E-state index contributed by atoms with van der Waals surface area (Å²) in [7, 11) is -3.11. The number of halogens is 2. The summed E-state index contributed by atoms with van der Waals surface area (Å²) in [5.74, 6) is -2.49. The highest BCUT2D eigenvalue weighted by molar-refractivity contribution is 7.52. The Balaban J connectivity index is 2.51. The third kappa shape index (κ3) is 7.61. The molecule has 1 rings (SSSR count). The fraction of sp³-hybridized carbons (Fsp3) is 0.308. The summed E-state index contributed by atoms with van der Waals surface area (Å²) in [6.07, 6.45) is -2.14. The maximum atomic E-state index is 12.0. The van der Waals surface area contributed by atoms with Crippen LogP contribution in [-0.4, -0.2) is 54.8 Å². The fourth-order valence-corrected chi connectivity index (χ4v) is 2.74. The number of carbonyl (C=O) groups excluding carboxylic acids is 2. The van der Waals surface area contributed by atoms with Gasteiger partial charge < -0.3 is 29.5 Å². The number of carboxylic acids is 1. The van der Waals surface area contributed by atoms with E-state index in [4.69, 9.17) is 37.8 Å². The van der Waals surface area contributed by atoms with Crippen molar-refractivity contribution in [2.45, 2.75) is 0 Å². The maximum Gasteiger partial charge on any atom is 0.410 e. The first-order valence-corrected chi connectivity index (χ1v) is 9.37. The van der Waals surface area contributed by atoms with Gasteiger partial charge in [0.25, 0.3) is 0 Å². The van der Waals surface area contributed by atoms with Gasteiger partial charge in [0.2, 0.25) is 6.79 Å². The lowest BCUT2D eigenvalue weighted by Crippen LogP contribution is -2.27. The van der Waals surface area contributed by atoms with Gasteiger partial charge in [-0.2, -0.15) is 0 Å². The molecule has 0 aliphatic rings. The molecule has 0 spiro atoms. The second kappa shape index (κ2) is 10.3. The van der Waals surface area contributed by atoms with Crippen LogP contribution in [0.2, 0.25) is 10.0 Å². The second-order valence-corrected chi connectivity index (χ2v) is 7.22. The number of nitrogens with one attached hydrogen (secondary N) is 1. The van der Waals surface area contributed by atoms with Crippen molar-refractivity contribution < 1.29 is 47.7 Å². The van der Waals surface area contributed by atoms with Crippen molar-refractivity contribution in [3.8, 4) is 5.75 Å². The zero-order valence-corrected chi connectivity index (χ0v) is 16.0. The van der Waals surface area contributed by atoms with E-state index in [9.17, 15) is 23.8 Å². The SMILES string of the molecule is COc1c(Cl)ccc(Cl)c1C(=O)OCOC(=O)NCP(=O)(O)OCC(=O)O. The minimum atomic E-state index is -4.37. The van der Waals surface area contributed by atoms with Crippen LogP contribution in [0.25, 0.3) is 0 Å². The van der Waals surface area contributed by atoms with Crippen LogP contribution >= 0.6 is 30.8 Å². The zero-order valence-electron chi connectivity index (χ0n) is 13.6. The van der Waals surface area contributed by atoms with Crippen molar-refractivity contribution in [2.24, 2.45) is 0 Å². The molecule has 0 saturated heterocycles. The molecule has 1 atom stereocenters. The molecular formula is C13H14Cl2NO10P.